The molecule has 0 aromatic heterocycles. The summed E-state index contributed by atoms with van der Waals surface area (Å²) in [5, 5.41) is -0.265. The first-order valence-electron chi connectivity index (χ1n) is 6.00. The molecule has 0 amide bonds. The highest BCUT2D eigenvalue weighted by Gasteiger charge is 2.18. The standard InChI is InChI=1S/C15H11ClFIO/c16-15(12-3-2-11(17)8-13(12)18)10-1-4-14-9(7-10)5-6-19-14/h1-4,7-8,15H,5-6H2. The van der Waals surface area contributed by atoms with Gasteiger partial charge in [0.25, 0.3) is 0 Å². The van der Waals surface area contributed by atoms with Gasteiger partial charge in [-0.2, -0.15) is 0 Å². The molecule has 4 heteroatoms. The van der Waals surface area contributed by atoms with E-state index in [1.165, 1.54) is 17.7 Å². The highest BCUT2D eigenvalue weighted by Crippen LogP contribution is 2.35. The lowest BCUT2D eigenvalue weighted by atomic mass is 10.0. The predicted molar refractivity (Wildman–Crippen MR) is 82.5 cm³/mol. The van der Waals surface area contributed by atoms with Gasteiger partial charge in [0.1, 0.15) is 11.6 Å². The Morgan fingerprint density at radius 1 is 1.21 bits per heavy atom. The maximum absolute atomic E-state index is 13.1. The number of hydrogen-bond acceptors (Lipinski definition) is 1. The molecule has 1 unspecified atom stereocenters. The van der Waals surface area contributed by atoms with E-state index in [-0.39, 0.29) is 11.2 Å². The summed E-state index contributed by atoms with van der Waals surface area (Å²) in [6.45, 7) is 0.736. The number of halogens is 3. The average Bonchev–Trinajstić information content (AvgIpc) is 2.85. The van der Waals surface area contributed by atoms with Crippen molar-refractivity contribution in [3.63, 3.8) is 0 Å². The number of fused-ring (bicyclic) bond motifs is 1. The Morgan fingerprint density at radius 3 is 2.84 bits per heavy atom. The molecule has 1 aliphatic rings. The van der Waals surface area contributed by atoms with Crippen LogP contribution < -0.4 is 4.74 Å². The number of hydrogen-bond donors (Lipinski definition) is 0. The van der Waals surface area contributed by atoms with E-state index in [9.17, 15) is 4.39 Å². The minimum atomic E-state index is -0.265. The van der Waals surface area contributed by atoms with Gasteiger partial charge in [0, 0.05) is 9.99 Å². The van der Waals surface area contributed by atoms with Crippen LogP contribution in [0.2, 0.25) is 0 Å². The predicted octanol–water partition coefficient (Wildman–Crippen LogP) is 4.69. The first-order valence-corrected chi connectivity index (χ1v) is 7.51. The summed E-state index contributed by atoms with van der Waals surface area (Å²) < 4.78 is 19.5. The van der Waals surface area contributed by atoms with Gasteiger partial charge in [-0.3, -0.25) is 0 Å². The van der Waals surface area contributed by atoms with Gasteiger partial charge in [0.15, 0.2) is 0 Å². The third-order valence-corrected chi connectivity index (χ3v) is 4.66. The molecular weight excluding hydrogens is 378 g/mol. The van der Waals surface area contributed by atoms with Gasteiger partial charge in [0.05, 0.1) is 12.0 Å². The summed E-state index contributed by atoms with van der Waals surface area (Å²) in [7, 11) is 0. The Morgan fingerprint density at radius 2 is 2.05 bits per heavy atom. The van der Waals surface area contributed by atoms with E-state index < -0.39 is 0 Å². The molecule has 0 aliphatic carbocycles. The Balaban J connectivity index is 1.97. The summed E-state index contributed by atoms with van der Waals surface area (Å²) in [4.78, 5) is 0. The lowest BCUT2D eigenvalue weighted by molar-refractivity contribution is 0.357. The van der Waals surface area contributed by atoms with E-state index in [0.717, 1.165) is 33.5 Å². The van der Waals surface area contributed by atoms with Crippen molar-refractivity contribution in [2.24, 2.45) is 0 Å². The van der Waals surface area contributed by atoms with Crippen LogP contribution in [0, 0.1) is 9.39 Å². The fourth-order valence-corrected chi connectivity index (χ4v) is 3.55. The molecule has 0 fully saturated rings. The summed E-state index contributed by atoms with van der Waals surface area (Å²) in [5.74, 6) is 0.709. The van der Waals surface area contributed by atoms with Gasteiger partial charge in [-0.1, -0.05) is 18.2 Å². The van der Waals surface area contributed by atoms with Crippen LogP contribution in [0.4, 0.5) is 4.39 Å². The second-order valence-electron chi connectivity index (χ2n) is 4.49. The Bertz CT molecular complexity index is 630. The largest absolute Gasteiger partial charge is 0.493 e. The number of rotatable bonds is 2. The third kappa shape index (κ3) is 2.58. The maximum Gasteiger partial charge on any atom is 0.124 e. The molecule has 0 saturated heterocycles. The summed E-state index contributed by atoms with van der Waals surface area (Å²) >= 11 is 8.64. The Kier molecular flexibility index (Phi) is 3.67. The normalized spacial score (nSPS) is 14.9. The molecule has 0 spiro atoms. The minimum absolute atomic E-state index is 0.237. The molecule has 1 aliphatic heterocycles. The van der Waals surface area contributed by atoms with Gasteiger partial charge in [-0.15, -0.1) is 11.6 Å². The van der Waals surface area contributed by atoms with E-state index in [1.807, 2.05) is 12.1 Å². The van der Waals surface area contributed by atoms with Crippen molar-refractivity contribution < 1.29 is 9.13 Å². The van der Waals surface area contributed by atoms with Gasteiger partial charge in [0.2, 0.25) is 0 Å². The molecule has 1 atom stereocenters. The summed E-state index contributed by atoms with van der Waals surface area (Å²) in [6.07, 6.45) is 0.924. The van der Waals surface area contributed by atoms with Crippen molar-refractivity contribution >= 4 is 34.2 Å². The lowest BCUT2D eigenvalue weighted by Gasteiger charge is -2.13. The van der Waals surface area contributed by atoms with E-state index >= 15 is 0 Å². The number of ether oxygens (including phenoxy) is 1. The molecular formula is C15H11ClFIO. The van der Waals surface area contributed by atoms with Crippen molar-refractivity contribution in [1.29, 1.82) is 0 Å². The van der Waals surface area contributed by atoms with Gasteiger partial charge in [-0.25, -0.2) is 4.39 Å². The van der Waals surface area contributed by atoms with Crippen molar-refractivity contribution in [2.75, 3.05) is 6.61 Å². The molecule has 2 aromatic rings. The molecule has 1 nitrogen and oxygen atoms in total. The quantitative estimate of drug-likeness (QED) is 0.535. The van der Waals surface area contributed by atoms with Crippen LogP contribution >= 0.6 is 34.2 Å². The van der Waals surface area contributed by atoms with E-state index in [4.69, 9.17) is 16.3 Å². The minimum Gasteiger partial charge on any atom is -0.493 e. The molecule has 3 rings (SSSR count). The SMILES string of the molecule is Fc1ccc(C(Cl)c2ccc3c(c2)CCO3)c(I)c1. The molecule has 0 bridgehead atoms. The molecule has 2 aromatic carbocycles. The zero-order chi connectivity index (χ0) is 13.4. The maximum atomic E-state index is 13.1. The average molecular weight is 389 g/mol. The van der Waals surface area contributed by atoms with Crippen molar-refractivity contribution in [3.8, 4) is 5.75 Å². The fourth-order valence-electron chi connectivity index (χ4n) is 2.25. The topological polar surface area (TPSA) is 9.23 Å². The van der Waals surface area contributed by atoms with Crippen LogP contribution in [0.1, 0.15) is 22.1 Å². The van der Waals surface area contributed by atoms with Gasteiger partial charge < -0.3 is 4.74 Å². The Hall–Kier alpha value is -0.810. The van der Waals surface area contributed by atoms with Crippen molar-refractivity contribution in [1.82, 2.24) is 0 Å². The van der Waals surface area contributed by atoms with E-state index in [0.29, 0.717) is 0 Å². The molecule has 0 saturated carbocycles. The molecule has 0 radical (unpaired) electrons. The zero-order valence-electron chi connectivity index (χ0n) is 10.00. The first kappa shape index (κ1) is 13.2. The van der Waals surface area contributed by atoms with E-state index in [1.54, 1.807) is 6.07 Å². The van der Waals surface area contributed by atoms with Crippen molar-refractivity contribution in [2.45, 2.75) is 11.8 Å². The number of alkyl halides is 1. The smallest absolute Gasteiger partial charge is 0.124 e. The van der Waals surface area contributed by atoms with Crippen LogP contribution in [0.25, 0.3) is 0 Å². The monoisotopic (exact) mass is 388 g/mol. The second-order valence-corrected chi connectivity index (χ2v) is 6.09. The zero-order valence-corrected chi connectivity index (χ0v) is 12.9. The summed E-state index contributed by atoms with van der Waals surface area (Å²) in [5.41, 5.74) is 3.15. The van der Waals surface area contributed by atoms with Crippen LogP contribution in [0.15, 0.2) is 36.4 Å². The van der Waals surface area contributed by atoms with Crippen LogP contribution in [0.3, 0.4) is 0 Å². The number of benzene rings is 2. The fraction of sp³-hybridized carbons (Fsp3) is 0.200. The van der Waals surface area contributed by atoms with Crippen LogP contribution in [0.5, 0.6) is 5.75 Å². The first-order chi connectivity index (χ1) is 9.15. The van der Waals surface area contributed by atoms with Gasteiger partial charge >= 0.3 is 0 Å². The third-order valence-electron chi connectivity index (χ3n) is 3.24. The van der Waals surface area contributed by atoms with Gasteiger partial charge in [-0.05, 0) is 57.5 Å². The van der Waals surface area contributed by atoms with E-state index in [2.05, 4.69) is 28.7 Å². The summed E-state index contributed by atoms with van der Waals surface area (Å²) in [6, 6.07) is 10.7. The highest BCUT2D eigenvalue weighted by atomic mass is 127. The Labute approximate surface area is 129 Å². The highest BCUT2D eigenvalue weighted by molar-refractivity contribution is 14.1. The van der Waals surface area contributed by atoms with Crippen LogP contribution in [-0.2, 0) is 6.42 Å². The van der Waals surface area contributed by atoms with Crippen LogP contribution in [-0.4, -0.2) is 6.61 Å². The molecule has 0 N–H and O–H groups in total. The molecule has 98 valence electrons. The molecule has 1 heterocycles. The lowest BCUT2D eigenvalue weighted by Crippen LogP contribution is -1.97. The molecule has 19 heavy (non-hydrogen) atoms. The second kappa shape index (κ2) is 5.29. The van der Waals surface area contributed by atoms with Crippen molar-refractivity contribution in [3.05, 3.63) is 62.5 Å².